The molecule has 1 amide bonds. The van der Waals surface area contributed by atoms with Gasteiger partial charge >= 0.3 is 0 Å². The van der Waals surface area contributed by atoms with Gasteiger partial charge in [-0.05, 0) is 36.7 Å². The van der Waals surface area contributed by atoms with Gasteiger partial charge in [-0.1, -0.05) is 18.2 Å². The van der Waals surface area contributed by atoms with Crippen LogP contribution in [0.3, 0.4) is 0 Å². The maximum atomic E-state index is 12.1. The van der Waals surface area contributed by atoms with Crippen LogP contribution in [0, 0.1) is 0 Å². The van der Waals surface area contributed by atoms with Gasteiger partial charge in [-0.25, -0.2) is 0 Å². The third kappa shape index (κ3) is 5.67. The quantitative estimate of drug-likeness (QED) is 0.639. The Balaban J connectivity index is 1.75. The zero-order valence-electron chi connectivity index (χ0n) is 15.5. The zero-order valence-corrected chi connectivity index (χ0v) is 15.5. The van der Waals surface area contributed by atoms with Gasteiger partial charge in [0.15, 0.2) is 0 Å². The van der Waals surface area contributed by atoms with Gasteiger partial charge in [0.1, 0.15) is 17.2 Å². The predicted molar refractivity (Wildman–Crippen MR) is 102 cm³/mol. The smallest absolute Gasteiger partial charge is 0.225 e. The van der Waals surface area contributed by atoms with E-state index in [1.807, 2.05) is 24.3 Å². The molecule has 0 spiro atoms. The van der Waals surface area contributed by atoms with Crippen LogP contribution in [0.4, 0.5) is 5.69 Å². The standard InChI is InChI=1S/C20H26N2O4/c1-24-16-8-9-19(26-3)17(14-16)22-20(23)11-13-21-12-10-15-6-4-5-7-18(15)25-2/h4-9,14,21H,10-13H2,1-3H3,(H,22,23). The van der Waals surface area contributed by atoms with Crippen molar-refractivity contribution in [2.75, 3.05) is 39.7 Å². The van der Waals surface area contributed by atoms with E-state index >= 15 is 0 Å². The van der Waals surface area contributed by atoms with E-state index in [1.165, 1.54) is 0 Å². The minimum Gasteiger partial charge on any atom is -0.497 e. The first-order chi connectivity index (χ1) is 12.7. The highest BCUT2D eigenvalue weighted by atomic mass is 16.5. The molecular formula is C20H26N2O4. The maximum Gasteiger partial charge on any atom is 0.225 e. The van der Waals surface area contributed by atoms with Crippen LogP contribution in [0.25, 0.3) is 0 Å². The second kappa shape index (κ2) is 10.3. The summed E-state index contributed by atoms with van der Waals surface area (Å²) >= 11 is 0. The topological polar surface area (TPSA) is 68.8 Å². The number of nitrogens with one attached hydrogen (secondary N) is 2. The highest BCUT2D eigenvalue weighted by molar-refractivity contribution is 5.92. The Morgan fingerprint density at radius 3 is 2.42 bits per heavy atom. The highest BCUT2D eigenvalue weighted by Gasteiger charge is 2.09. The van der Waals surface area contributed by atoms with Gasteiger partial charge < -0.3 is 24.8 Å². The van der Waals surface area contributed by atoms with Crippen molar-refractivity contribution >= 4 is 11.6 Å². The Bertz CT molecular complexity index is 719. The summed E-state index contributed by atoms with van der Waals surface area (Å²) in [6.07, 6.45) is 1.21. The molecule has 0 saturated heterocycles. The molecule has 140 valence electrons. The number of hydrogen-bond acceptors (Lipinski definition) is 5. The Morgan fingerprint density at radius 2 is 1.69 bits per heavy atom. The van der Waals surface area contributed by atoms with Crippen LogP contribution in [0.5, 0.6) is 17.2 Å². The third-order valence-electron chi connectivity index (χ3n) is 3.97. The molecule has 2 aromatic carbocycles. The molecule has 26 heavy (non-hydrogen) atoms. The fourth-order valence-electron chi connectivity index (χ4n) is 2.58. The van der Waals surface area contributed by atoms with E-state index in [0.717, 1.165) is 24.3 Å². The van der Waals surface area contributed by atoms with Crippen molar-refractivity contribution in [3.05, 3.63) is 48.0 Å². The largest absolute Gasteiger partial charge is 0.497 e. The van der Waals surface area contributed by atoms with Crippen LogP contribution < -0.4 is 24.8 Å². The van der Waals surface area contributed by atoms with E-state index in [1.54, 1.807) is 39.5 Å². The lowest BCUT2D eigenvalue weighted by atomic mass is 10.1. The molecule has 6 heteroatoms. The van der Waals surface area contributed by atoms with Crippen LogP contribution in [-0.2, 0) is 11.2 Å². The molecule has 0 atom stereocenters. The first kappa shape index (κ1) is 19.6. The Morgan fingerprint density at radius 1 is 0.923 bits per heavy atom. The van der Waals surface area contributed by atoms with Crippen molar-refractivity contribution in [1.29, 1.82) is 0 Å². The number of benzene rings is 2. The lowest BCUT2D eigenvalue weighted by molar-refractivity contribution is -0.116. The van der Waals surface area contributed by atoms with Gasteiger partial charge in [-0.15, -0.1) is 0 Å². The van der Waals surface area contributed by atoms with Crippen molar-refractivity contribution in [2.24, 2.45) is 0 Å². The number of anilines is 1. The lowest BCUT2D eigenvalue weighted by Gasteiger charge is -2.12. The predicted octanol–water partition coefficient (Wildman–Crippen LogP) is 2.87. The second-order valence-electron chi connectivity index (χ2n) is 5.68. The summed E-state index contributed by atoms with van der Waals surface area (Å²) in [4.78, 5) is 12.1. The number of methoxy groups -OCH3 is 3. The summed E-state index contributed by atoms with van der Waals surface area (Å²) in [5.41, 5.74) is 1.75. The molecule has 2 aromatic rings. The SMILES string of the molecule is COc1ccc(OC)c(NC(=O)CCNCCc2ccccc2OC)c1. The average Bonchev–Trinajstić information content (AvgIpc) is 2.67. The molecule has 6 nitrogen and oxygen atoms in total. The van der Waals surface area contributed by atoms with Gasteiger partial charge in [-0.2, -0.15) is 0 Å². The number of para-hydroxylation sites is 1. The first-order valence-electron chi connectivity index (χ1n) is 8.52. The molecule has 0 heterocycles. The first-order valence-corrected chi connectivity index (χ1v) is 8.52. The maximum absolute atomic E-state index is 12.1. The van der Waals surface area contributed by atoms with Crippen molar-refractivity contribution in [3.8, 4) is 17.2 Å². The molecule has 0 aromatic heterocycles. The molecule has 2 N–H and O–H groups in total. The minimum absolute atomic E-state index is 0.0821. The number of carbonyl (C=O) groups excluding carboxylic acids is 1. The van der Waals surface area contributed by atoms with Gasteiger partial charge in [0.2, 0.25) is 5.91 Å². The second-order valence-corrected chi connectivity index (χ2v) is 5.68. The van der Waals surface area contributed by atoms with Gasteiger partial charge in [-0.3, -0.25) is 4.79 Å². The Kier molecular flexibility index (Phi) is 7.76. The lowest BCUT2D eigenvalue weighted by Crippen LogP contribution is -2.23. The van der Waals surface area contributed by atoms with E-state index in [4.69, 9.17) is 14.2 Å². The number of rotatable bonds is 10. The van der Waals surface area contributed by atoms with Gasteiger partial charge in [0, 0.05) is 19.0 Å². The summed E-state index contributed by atoms with van der Waals surface area (Å²) in [7, 11) is 4.82. The summed E-state index contributed by atoms with van der Waals surface area (Å²) in [5, 5.41) is 6.14. The number of ether oxygens (including phenoxy) is 3. The summed E-state index contributed by atoms with van der Waals surface area (Å²) in [5.74, 6) is 2.07. The molecular weight excluding hydrogens is 332 g/mol. The monoisotopic (exact) mass is 358 g/mol. The number of carbonyl (C=O) groups is 1. The zero-order chi connectivity index (χ0) is 18.8. The van der Waals surface area contributed by atoms with E-state index < -0.39 is 0 Å². The Labute approximate surface area is 154 Å². The fraction of sp³-hybridized carbons (Fsp3) is 0.350. The molecule has 0 fully saturated rings. The average molecular weight is 358 g/mol. The molecule has 0 unspecified atom stereocenters. The van der Waals surface area contributed by atoms with Crippen molar-refractivity contribution in [2.45, 2.75) is 12.8 Å². The fourth-order valence-corrected chi connectivity index (χ4v) is 2.58. The molecule has 2 rings (SSSR count). The molecule has 0 aliphatic heterocycles. The highest BCUT2D eigenvalue weighted by Crippen LogP contribution is 2.28. The van der Waals surface area contributed by atoms with E-state index in [-0.39, 0.29) is 5.91 Å². The minimum atomic E-state index is -0.0821. The van der Waals surface area contributed by atoms with Crippen molar-refractivity contribution in [1.82, 2.24) is 5.32 Å². The van der Waals surface area contributed by atoms with Gasteiger partial charge in [0.05, 0.1) is 27.0 Å². The van der Waals surface area contributed by atoms with Crippen molar-refractivity contribution < 1.29 is 19.0 Å². The van der Waals surface area contributed by atoms with Crippen LogP contribution in [-0.4, -0.2) is 40.3 Å². The normalized spacial score (nSPS) is 10.3. The van der Waals surface area contributed by atoms with Crippen LogP contribution in [0.15, 0.2) is 42.5 Å². The molecule has 0 saturated carbocycles. The number of amides is 1. The third-order valence-corrected chi connectivity index (χ3v) is 3.97. The summed E-state index contributed by atoms with van der Waals surface area (Å²) in [6, 6.07) is 13.2. The molecule has 0 aliphatic carbocycles. The Hall–Kier alpha value is -2.73. The van der Waals surface area contributed by atoms with Crippen LogP contribution >= 0.6 is 0 Å². The molecule has 0 radical (unpaired) electrons. The molecule has 0 bridgehead atoms. The summed E-state index contributed by atoms with van der Waals surface area (Å²) < 4.78 is 15.8. The van der Waals surface area contributed by atoms with Crippen LogP contribution in [0.2, 0.25) is 0 Å². The van der Waals surface area contributed by atoms with E-state index in [9.17, 15) is 4.79 Å². The van der Waals surface area contributed by atoms with Crippen molar-refractivity contribution in [3.63, 3.8) is 0 Å². The molecule has 0 aliphatic rings. The van der Waals surface area contributed by atoms with E-state index in [2.05, 4.69) is 10.6 Å². The van der Waals surface area contributed by atoms with E-state index in [0.29, 0.717) is 30.2 Å². The van der Waals surface area contributed by atoms with Crippen LogP contribution in [0.1, 0.15) is 12.0 Å². The number of hydrogen-bond donors (Lipinski definition) is 2. The van der Waals surface area contributed by atoms with Gasteiger partial charge in [0.25, 0.3) is 0 Å². The summed E-state index contributed by atoms with van der Waals surface area (Å²) in [6.45, 7) is 1.36.